The summed E-state index contributed by atoms with van der Waals surface area (Å²) in [6.07, 6.45) is 2.69. The lowest BCUT2D eigenvalue weighted by Gasteiger charge is -2.48. The van der Waals surface area contributed by atoms with Crippen molar-refractivity contribution >= 4 is 22.4 Å². The Hall–Kier alpha value is -2.08. The minimum absolute atomic E-state index is 0.517. The Kier molecular flexibility index (Phi) is 2.68. The third-order valence-electron chi connectivity index (χ3n) is 4.85. The molecule has 6 nitrogen and oxygen atoms in total. The molecule has 2 aromatic rings. The van der Waals surface area contributed by atoms with Gasteiger partial charge in [-0.15, -0.1) is 0 Å². The number of benzene rings is 1. The summed E-state index contributed by atoms with van der Waals surface area (Å²) >= 11 is 0. The van der Waals surface area contributed by atoms with Gasteiger partial charge in [0.2, 0.25) is 0 Å². The molecule has 3 heterocycles. The molecule has 2 aliphatic rings. The van der Waals surface area contributed by atoms with Crippen LogP contribution in [0, 0.1) is 0 Å². The molecule has 1 aromatic heterocycles. The summed E-state index contributed by atoms with van der Waals surface area (Å²) in [7, 11) is 3.89. The van der Waals surface area contributed by atoms with Crippen LogP contribution in [-0.4, -0.2) is 54.2 Å². The molecule has 0 amide bonds. The number of hydrogen-bond acceptors (Lipinski definition) is 6. The van der Waals surface area contributed by atoms with Crippen molar-refractivity contribution in [1.82, 2.24) is 14.9 Å². The van der Waals surface area contributed by atoms with Gasteiger partial charge in [0, 0.05) is 25.2 Å². The van der Waals surface area contributed by atoms with Crippen molar-refractivity contribution in [3.05, 3.63) is 18.5 Å². The zero-order valence-electron chi connectivity index (χ0n) is 12.3. The van der Waals surface area contributed by atoms with Crippen LogP contribution in [0.15, 0.2) is 18.5 Å². The predicted molar refractivity (Wildman–Crippen MR) is 82.7 cm³/mol. The maximum absolute atomic E-state index is 6.12. The summed E-state index contributed by atoms with van der Waals surface area (Å²) in [5.74, 6) is 1.36. The molecule has 2 atom stereocenters. The number of nitrogens with two attached hydrogens (primary N) is 1. The second-order valence-electron chi connectivity index (χ2n) is 5.83. The van der Waals surface area contributed by atoms with Crippen molar-refractivity contribution in [2.75, 3.05) is 37.9 Å². The summed E-state index contributed by atoms with van der Waals surface area (Å²) in [5, 5.41) is 0.907. The summed E-state index contributed by atoms with van der Waals surface area (Å²) in [6, 6.07) is 5.08. The number of anilines is 2. The van der Waals surface area contributed by atoms with E-state index in [0.717, 1.165) is 35.4 Å². The van der Waals surface area contributed by atoms with Gasteiger partial charge < -0.3 is 15.4 Å². The van der Waals surface area contributed by atoms with E-state index >= 15 is 0 Å². The Bertz CT molecular complexity index is 704. The highest BCUT2D eigenvalue weighted by atomic mass is 16.5. The van der Waals surface area contributed by atoms with E-state index in [-0.39, 0.29) is 0 Å². The number of ether oxygens (including phenoxy) is 1. The Labute approximate surface area is 123 Å². The number of rotatable bonds is 2. The van der Waals surface area contributed by atoms with E-state index in [9.17, 15) is 0 Å². The van der Waals surface area contributed by atoms with Crippen LogP contribution in [0.2, 0.25) is 0 Å². The van der Waals surface area contributed by atoms with Crippen molar-refractivity contribution in [3.63, 3.8) is 0 Å². The molecule has 0 radical (unpaired) electrons. The highest BCUT2D eigenvalue weighted by Crippen LogP contribution is 2.44. The Morgan fingerprint density at radius 1 is 1.29 bits per heavy atom. The first-order valence-electron chi connectivity index (χ1n) is 7.24. The van der Waals surface area contributed by atoms with Crippen LogP contribution in [0.5, 0.6) is 5.75 Å². The molecule has 4 rings (SSSR count). The maximum Gasteiger partial charge on any atom is 0.143 e. The molecule has 2 N–H and O–H groups in total. The molecule has 6 heteroatoms. The summed E-state index contributed by atoms with van der Waals surface area (Å²) in [4.78, 5) is 13.3. The largest absolute Gasteiger partial charge is 0.495 e. The summed E-state index contributed by atoms with van der Waals surface area (Å²) in [6.45, 7) is 2.15. The molecular formula is C15H19N5O. The number of methoxy groups -OCH3 is 1. The highest BCUT2D eigenvalue weighted by Gasteiger charge is 2.46. The Morgan fingerprint density at radius 3 is 2.90 bits per heavy atom. The van der Waals surface area contributed by atoms with Crippen LogP contribution in [0.25, 0.3) is 10.9 Å². The number of fused-ring (bicyclic) bond motifs is 2. The van der Waals surface area contributed by atoms with Gasteiger partial charge in [0.25, 0.3) is 0 Å². The average molecular weight is 285 g/mol. The van der Waals surface area contributed by atoms with E-state index < -0.39 is 0 Å². The molecule has 1 aromatic carbocycles. The number of likely N-dealkylation sites (N-methyl/N-ethyl adjacent to an activating group) is 1. The van der Waals surface area contributed by atoms with Gasteiger partial charge in [-0.2, -0.15) is 0 Å². The molecular weight excluding hydrogens is 266 g/mol. The second-order valence-corrected chi connectivity index (χ2v) is 5.83. The van der Waals surface area contributed by atoms with E-state index in [0.29, 0.717) is 17.9 Å². The van der Waals surface area contributed by atoms with Crippen LogP contribution in [0.1, 0.15) is 6.42 Å². The first-order valence-corrected chi connectivity index (χ1v) is 7.24. The van der Waals surface area contributed by atoms with Crippen molar-refractivity contribution in [3.8, 4) is 5.75 Å². The smallest absolute Gasteiger partial charge is 0.143 e. The van der Waals surface area contributed by atoms with E-state index in [1.54, 1.807) is 7.11 Å². The van der Waals surface area contributed by atoms with Crippen LogP contribution in [0.3, 0.4) is 0 Å². The Balaban J connectivity index is 1.87. The van der Waals surface area contributed by atoms with Crippen LogP contribution in [-0.2, 0) is 0 Å². The molecule has 2 fully saturated rings. The van der Waals surface area contributed by atoms with Gasteiger partial charge in [0.05, 0.1) is 23.7 Å². The lowest BCUT2D eigenvalue weighted by molar-refractivity contribution is 0.241. The van der Waals surface area contributed by atoms with Gasteiger partial charge in [-0.25, -0.2) is 9.97 Å². The average Bonchev–Trinajstić information content (AvgIpc) is 2.74. The lowest BCUT2D eigenvalue weighted by Crippen LogP contribution is -2.61. The molecule has 0 bridgehead atoms. The highest BCUT2D eigenvalue weighted by molar-refractivity contribution is 6.02. The maximum atomic E-state index is 6.12. The number of nitrogens with zero attached hydrogens (tertiary/aromatic N) is 4. The Morgan fingerprint density at radius 2 is 2.14 bits per heavy atom. The van der Waals surface area contributed by atoms with Crippen LogP contribution < -0.4 is 15.4 Å². The van der Waals surface area contributed by atoms with Crippen LogP contribution in [0.4, 0.5) is 11.5 Å². The van der Waals surface area contributed by atoms with Crippen molar-refractivity contribution in [2.24, 2.45) is 0 Å². The van der Waals surface area contributed by atoms with E-state index in [2.05, 4.69) is 26.8 Å². The normalized spacial score (nSPS) is 25.0. The third kappa shape index (κ3) is 1.68. The molecule has 110 valence electrons. The number of likely N-dealkylation sites (tertiary alicyclic amines) is 1. The molecule has 0 unspecified atom stereocenters. The SMILES string of the molecule is COc1ccc2ncnc(N)c2c1N1C[C@H]2[C@@H]1CCN2C. The molecule has 0 saturated carbocycles. The first-order chi connectivity index (χ1) is 10.2. The fourth-order valence-electron chi connectivity index (χ4n) is 3.66. The monoisotopic (exact) mass is 285 g/mol. The van der Waals surface area contributed by atoms with Gasteiger partial charge >= 0.3 is 0 Å². The standard InChI is InChI=1S/C15H19N5O/c1-19-6-5-10-11(19)7-20(10)14-12(21-2)4-3-9-13(14)15(16)18-8-17-9/h3-4,8,10-11H,5-7H2,1-2H3,(H2,16,17,18)/t10-,11-/m0/s1. The van der Waals surface area contributed by atoms with Gasteiger partial charge in [-0.3, -0.25) is 4.90 Å². The van der Waals surface area contributed by atoms with Gasteiger partial charge in [0.15, 0.2) is 0 Å². The fraction of sp³-hybridized carbons (Fsp3) is 0.467. The number of nitrogen functional groups attached to an aromatic ring is 1. The zero-order chi connectivity index (χ0) is 14.6. The van der Waals surface area contributed by atoms with Crippen LogP contribution >= 0.6 is 0 Å². The summed E-state index contributed by atoms with van der Waals surface area (Å²) in [5.41, 5.74) is 8.03. The van der Waals surface area contributed by atoms with Crippen molar-refractivity contribution in [1.29, 1.82) is 0 Å². The van der Waals surface area contributed by atoms with Gasteiger partial charge in [-0.05, 0) is 25.6 Å². The zero-order valence-corrected chi connectivity index (χ0v) is 12.3. The molecule has 2 aliphatic heterocycles. The topological polar surface area (TPSA) is 67.5 Å². The molecule has 2 saturated heterocycles. The summed E-state index contributed by atoms with van der Waals surface area (Å²) < 4.78 is 5.57. The minimum atomic E-state index is 0.517. The molecule has 0 aliphatic carbocycles. The van der Waals surface area contributed by atoms with E-state index in [1.807, 2.05) is 12.1 Å². The lowest BCUT2D eigenvalue weighted by atomic mass is 9.94. The quantitative estimate of drug-likeness (QED) is 0.891. The van der Waals surface area contributed by atoms with Gasteiger partial charge in [0.1, 0.15) is 17.9 Å². The minimum Gasteiger partial charge on any atom is -0.495 e. The number of hydrogen-bond donors (Lipinski definition) is 1. The molecule has 0 spiro atoms. The third-order valence-corrected chi connectivity index (χ3v) is 4.85. The predicted octanol–water partition coefficient (Wildman–Crippen LogP) is 1.11. The van der Waals surface area contributed by atoms with Crippen molar-refractivity contribution in [2.45, 2.75) is 18.5 Å². The van der Waals surface area contributed by atoms with Crippen molar-refractivity contribution < 1.29 is 4.74 Å². The van der Waals surface area contributed by atoms with E-state index in [1.165, 1.54) is 12.7 Å². The second kappa shape index (κ2) is 4.46. The van der Waals surface area contributed by atoms with Gasteiger partial charge in [-0.1, -0.05) is 0 Å². The fourth-order valence-corrected chi connectivity index (χ4v) is 3.66. The first kappa shape index (κ1) is 12.6. The number of aromatic nitrogens is 2. The van der Waals surface area contributed by atoms with E-state index in [4.69, 9.17) is 10.5 Å². The molecule has 21 heavy (non-hydrogen) atoms.